The zero-order chi connectivity index (χ0) is 10.7. The lowest BCUT2D eigenvalue weighted by Gasteiger charge is -2.18. The molecule has 80 valence electrons. The molecule has 1 aromatic rings. The van der Waals surface area contributed by atoms with E-state index in [0.29, 0.717) is 5.78 Å². The summed E-state index contributed by atoms with van der Waals surface area (Å²) in [5, 5.41) is 0.816. The summed E-state index contributed by atoms with van der Waals surface area (Å²) in [5.41, 5.74) is 0.954. The zero-order valence-corrected chi connectivity index (χ0v) is 9.59. The number of rotatable bonds is 2. The normalized spacial score (nSPS) is 21.7. The number of Topliss-reactive ketones (excluding diaryl/α,β-unsaturated/α-hetero) is 1. The van der Waals surface area contributed by atoms with E-state index in [0.717, 1.165) is 36.5 Å². The van der Waals surface area contributed by atoms with Crippen LogP contribution < -0.4 is 0 Å². The fourth-order valence-corrected chi connectivity index (χ4v) is 2.79. The van der Waals surface area contributed by atoms with E-state index in [2.05, 4.69) is 9.97 Å². The molecule has 3 nitrogen and oxygen atoms in total. The van der Waals surface area contributed by atoms with E-state index in [-0.39, 0.29) is 5.25 Å². The third-order valence-electron chi connectivity index (χ3n) is 2.52. The molecule has 2 rings (SSSR count). The third-order valence-corrected chi connectivity index (χ3v) is 3.71. The first-order valence-corrected chi connectivity index (χ1v) is 6.13. The fraction of sp³-hybridized carbons (Fsp3) is 0.545. The van der Waals surface area contributed by atoms with Crippen molar-refractivity contribution in [2.24, 2.45) is 0 Å². The van der Waals surface area contributed by atoms with E-state index < -0.39 is 0 Å². The number of aromatic nitrogens is 2. The summed E-state index contributed by atoms with van der Waals surface area (Å²) in [6, 6.07) is 1.87. The highest BCUT2D eigenvalue weighted by Gasteiger charge is 2.23. The van der Waals surface area contributed by atoms with Gasteiger partial charge in [-0.2, -0.15) is 0 Å². The van der Waals surface area contributed by atoms with Crippen LogP contribution in [0.1, 0.15) is 31.4 Å². The van der Waals surface area contributed by atoms with Crippen LogP contribution in [0.15, 0.2) is 17.4 Å². The first kappa shape index (κ1) is 10.6. The Balaban J connectivity index is 2.04. The van der Waals surface area contributed by atoms with Gasteiger partial charge < -0.3 is 0 Å². The van der Waals surface area contributed by atoms with Gasteiger partial charge in [-0.3, -0.25) is 4.79 Å². The fourth-order valence-electron chi connectivity index (χ4n) is 1.69. The molecule has 4 heteroatoms. The predicted molar refractivity (Wildman–Crippen MR) is 59.9 cm³/mol. The molecule has 1 heterocycles. The second-order valence-electron chi connectivity index (χ2n) is 3.80. The smallest absolute Gasteiger partial charge is 0.188 e. The van der Waals surface area contributed by atoms with Gasteiger partial charge >= 0.3 is 0 Å². The van der Waals surface area contributed by atoms with Crippen LogP contribution in [0.4, 0.5) is 0 Å². The van der Waals surface area contributed by atoms with E-state index >= 15 is 0 Å². The molecule has 1 aromatic heterocycles. The molecule has 1 fully saturated rings. The molecular formula is C11H14N2OS. The molecule has 0 spiro atoms. The van der Waals surface area contributed by atoms with Gasteiger partial charge in [0.2, 0.25) is 0 Å². The van der Waals surface area contributed by atoms with Gasteiger partial charge in [0.05, 0.1) is 5.25 Å². The van der Waals surface area contributed by atoms with Gasteiger partial charge in [0.1, 0.15) is 5.78 Å². The summed E-state index contributed by atoms with van der Waals surface area (Å²) < 4.78 is 0. The molecule has 0 N–H and O–H groups in total. The maximum atomic E-state index is 11.6. The van der Waals surface area contributed by atoms with Crippen molar-refractivity contribution in [1.82, 2.24) is 9.97 Å². The van der Waals surface area contributed by atoms with E-state index in [1.54, 1.807) is 6.20 Å². The van der Waals surface area contributed by atoms with Crippen molar-refractivity contribution in [3.8, 4) is 0 Å². The number of carbonyl (C=O) groups excluding carboxylic acids is 1. The number of hydrogen-bond acceptors (Lipinski definition) is 4. The third kappa shape index (κ3) is 2.78. The Morgan fingerprint density at radius 1 is 1.47 bits per heavy atom. The number of carbonyl (C=O) groups is 1. The number of thioether (sulfide) groups is 1. The van der Waals surface area contributed by atoms with E-state index in [4.69, 9.17) is 0 Å². The standard InChI is InChI=1S/C11H14N2OS/c1-8-6-7-12-11(13-8)15-10-5-3-2-4-9(10)14/h6-7,10H,2-5H2,1H3. The topological polar surface area (TPSA) is 42.9 Å². The van der Waals surface area contributed by atoms with Gasteiger partial charge in [-0.15, -0.1) is 0 Å². The summed E-state index contributed by atoms with van der Waals surface area (Å²) in [7, 11) is 0. The largest absolute Gasteiger partial charge is 0.298 e. The number of hydrogen-bond donors (Lipinski definition) is 0. The summed E-state index contributed by atoms with van der Waals surface area (Å²) in [6.07, 6.45) is 5.64. The highest BCUT2D eigenvalue weighted by molar-refractivity contribution is 8.00. The first-order valence-electron chi connectivity index (χ1n) is 5.25. The van der Waals surface area contributed by atoms with Crippen molar-refractivity contribution >= 4 is 17.5 Å². The van der Waals surface area contributed by atoms with Crippen molar-refractivity contribution in [3.05, 3.63) is 18.0 Å². The lowest BCUT2D eigenvalue weighted by Crippen LogP contribution is -2.21. The molecule has 15 heavy (non-hydrogen) atoms. The van der Waals surface area contributed by atoms with Crippen LogP contribution in [0.3, 0.4) is 0 Å². The average molecular weight is 222 g/mol. The molecule has 0 aromatic carbocycles. The minimum Gasteiger partial charge on any atom is -0.298 e. The molecule has 1 aliphatic carbocycles. The average Bonchev–Trinajstić information content (AvgIpc) is 2.22. The quantitative estimate of drug-likeness (QED) is 0.721. The van der Waals surface area contributed by atoms with Gasteiger partial charge in [0.25, 0.3) is 0 Å². The van der Waals surface area contributed by atoms with Crippen molar-refractivity contribution in [2.45, 2.75) is 43.0 Å². The molecule has 0 radical (unpaired) electrons. The molecule has 1 atom stereocenters. The lowest BCUT2D eigenvalue weighted by atomic mass is 9.99. The van der Waals surface area contributed by atoms with Crippen LogP contribution in [0.5, 0.6) is 0 Å². The number of ketones is 1. The SMILES string of the molecule is Cc1ccnc(SC2CCCCC2=O)n1. The molecule has 0 aliphatic heterocycles. The monoisotopic (exact) mass is 222 g/mol. The Morgan fingerprint density at radius 3 is 3.07 bits per heavy atom. The molecule has 1 unspecified atom stereocenters. The minimum atomic E-state index is 0.0838. The van der Waals surface area contributed by atoms with Crippen LogP contribution in [0.25, 0.3) is 0 Å². The number of aryl methyl sites for hydroxylation is 1. The van der Waals surface area contributed by atoms with Crippen molar-refractivity contribution < 1.29 is 4.79 Å². The highest BCUT2D eigenvalue weighted by Crippen LogP contribution is 2.29. The van der Waals surface area contributed by atoms with Crippen LogP contribution in [-0.2, 0) is 4.79 Å². The maximum absolute atomic E-state index is 11.6. The Bertz CT molecular complexity index is 367. The van der Waals surface area contributed by atoms with Crippen molar-refractivity contribution in [1.29, 1.82) is 0 Å². The highest BCUT2D eigenvalue weighted by atomic mass is 32.2. The summed E-state index contributed by atoms with van der Waals surface area (Å²) in [6.45, 7) is 1.94. The maximum Gasteiger partial charge on any atom is 0.188 e. The van der Waals surface area contributed by atoms with Gasteiger partial charge in [-0.1, -0.05) is 18.2 Å². The number of nitrogens with zero attached hydrogens (tertiary/aromatic N) is 2. The predicted octanol–water partition coefficient (Wildman–Crippen LogP) is 2.39. The molecular weight excluding hydrogens is 208 g/mol. The Labute approximate surface area is 93.7 Å². The van der Waals surface area contributed by atoms with E-state index in [1.165, 1.54) is 11.8 Å². The summed E-state index contributed by atoms with van der Waals surface area (Å²) in [5.74, 6) is 0.358. The van der Waals surface area contributed by atoms with Gasteiger partial charge in [-0.25, -0.2) is 9.97 Å². The second-order valence-corrected chi connectivity index (χ2v) is 4.97. The Morgan fingerprint density at radius 2 is 2.33 bits per heavy atom. The van der Waals surface area contributed by atoms with Crippen LogP contribution in [-0.4, -0.2) is 21.0 Å². The molecule has 1 aliphatic rings. The van der Waals surface area contributed by atoms with E-state index in [9.17, 15) is 4.79 Å². The Hall–Kier alpha value is -0.900. The van der Waals surface area contributed by atoms with E-state index in [1.807, 2.05) is 13.0 Å². The summed E-state index contributed by atoms with van der Waals surface area (Å²) >= 11 is 1.52. The van der Waals surface area contributed by atoms with Crippen molar-refractivity contribution in [2.75, 3.05) is 0 Å². The Kier molecular flexibility index (Phi) is 3.36. The minimum absolute atomic E-state index is 0.0838. The molecule has 0 amide bonds. The van der Waals surface area contributed by atoms with Crippen molar-refractivity contribution in [3.63, 3.8) is 0 Å². The van der Waals surface area contributed by atoms with Crippen LogP contribution in [0, 0.1) is 6.92 Å². The van der Waals surface area contributed by atoms with Gasteiger partial charge in [0, 0.05) is 18.3 Å². The second kappa shape index (κ2) is 4.75. The van der Waals surface area contributed by atoms with Gasteiger partial charge in [-0.05, 0) is 25.8 Å². The van der Waals surface area contributed by atoms with Gasteiger partial charge in [0.15, 0.2) is 5.16 Å². The lowest BCUT2D eigenvalue weighted by molar-refractivity contribution is -0.119. The molecule has 0 bridgehead atoms. The molecule has 0 saturated heterocycles. The molecule has 1 saturated carbocycles. The summed E-state index contributed by atoms with van der Waals surface area (Å²) in [4.78, 5) is 20.1. The van der Waals surface area contributed by atoms with Crippen LogP contribution >= 0.6 is 11.8 Å². The first-order chi connectivity index (χ1) is 7.25. The zero-order valence-electron chi connectivity index (χ0n) is 8.77. The van der Waals surface area contributed by atoms with Crippen LogP contribution in [0.2, 0.25) is 0 Å².